The summed E-state index contributed by atoms with van der Waals surface area (Å²) in [5.41, 5.74) is 3.99. The van der Waals surface area contributed by atoms with Crippen LogP contribution in [0.4, 0.5) is 0 Å². The topological polar surface area (TPSA) is 160 Å². The number of aliphatic hydroxyl groups excluding tert-OH is 2. The maximum Gasteiger partial charge on any atom is 0.330 e. The van der Waals surface area contributed by atoms with Gasteiger partial charge in [0.2, 0.25) is 5.91 Å². The molecule has 2 heterocycles. The number of H-pyrrole nitrogens is 1. The Morgan fingerprint density at radius 3 is 2.87 bits per heavy atom. The largest absolute Gasteiger partial charge is 0.394 e. The second-order valence-electron chi connectivity index (χ2n) is 5.25. The summed E-state index contributed by atoms with van der Waals surface area (Å²) in [6.45, 7) is 0.175. The van der Waals surface area contributed by atoms with E-state index in [4.69, 9.17) is 15.6 Å². The number of rotatable bonds is 6. The third kappa shape index (κ3) is 4.05. The first-order valence-corrected chi connectivity index (χ1v) is 7.21. The van der Waals surface area contributed by atoms with Crippen LogP contribution < -0.4 is 22.3 Å². The molecule has 0 aliphatic carbocycles. The van der Waals surface area contributed by atoms with Crippen LogP contribution in [-0.4, -0.2) is 57.6 Å². The minimum atomic E-state index is -0.917. The number of amides is 1. The van der Waals surface area contributed by atoms with Gasteiger partial charge in [0.25, 0.3) is 5.56 Å². The molecule has 0 aromatic carbocycles. The molecule has 1 aromatic rings. The molecule has 128 valence electrons. The van der Waals surface area contributed by atoms with E-state index in [0.717, 1.165) is 4.57 Å². The zero-order valence-corrected chi connectivity index (χ0v) is 12.4. The van der Waals surface area contributed by atoms with Crippen molar-refractivity contribution in [2.75, 3.05) is 19.7 Å². The summed E-state index contributed by atoms with van der Waals surface area (Å²) in [6, 6.07) is 0. The molecule has 10 heteroatoms. The first-order valence-electron chi connectivity index (χ1n) is 7.21. The van der Waals surface area contributed by atoms with Gasteiger partial charge in [0.1, 0.15) is 12.3 Å². The van der Waals surface area contributed by atoms with Gasteiger partial charge in [-0.25, -0.2) is 4.79 Å². The predicted octanol–water partition coefficient (Wildman–Crippen LogP) is -3.21. The Balaban J connectivity index is 2.22. The lowest BCUT2D eigenvalue weighted by molar-refractivity contribution is -0.120. The van der Waals surface area contributed by atoms with E-state index in [0.29, 0.717) is 0 Å². The molecule has 6 N–H and O–H groups in total. The molecule has 2 rings (SSSR count). The zero-order valence-electron chi connectivity index (χ0n) is 12.4. The van der Waals surface area contributed by atoms with Crippen LogP contribution in [0.3, 0.4) is 0 Å². The Hall–Kier alpha value is -2.01. The Morgan fingerprint density at radius 2 is 2.26 bits per heavy atom. The van der Waals surface area contributed by atoms with Crippen molar-refractivity contribution in [3.8, 4) is 0 Å². The number of carbonyl (C=O) groups excluding carboxylic acids is 1. The van der Waals surface area contributed by atoms with Gasteiger partial charge in [0.05, 0.1) is 19.1 Å². The fraction of sp³-hybridized carbons (Fsp3) is 0.615. The van der Waals surface area contributed by atoms with Crippen LogP contribution in [0.1, 0.15) is 18.2 Å². The number of aliphatic hydroxyl groups is 2. The Morgan fingerprint density at radius 1 is 1.52 bits per heavy atom. The molecule has 1 aliphatic rings. The monoisotopic (exact) mass is 328 g/mol. The summed E-state index contributed by atoms with van der Waals surface area (Å²) in [5, 5.41) is 21.3. The number of hydrogen-bond acceptors (Lipinski definition) is 7. The van der Waals surface area contributed by atoms with Crippen molar-refractivity contribution in [2.45, 2.75) is 31.3 Å². The highest BCUT2D eigenvalue weighted by Gasteiger charge is 2.35. The fourth-order valence-corrected chi connectivity index (χ4v) is 2.36. The lowest BCUT2D eigenvalue weighted by Crippen LogP contribution is -2.37. The van der Waals surface area contributed by atoms with Crippen molar-refractivity contribution in [2.24, 2.45) is 5.73 Å². The quantitative estimate of drug-likeness (QED) is 0.367. The van der Waals surface area contributed by atoms with Crippen molar-refractivity contribution in [3.63, 3.8) is 0 Å². The molecule has 0 bridgehead atoms. The van der Waals surface area contributed by atoms with Crippen molar-refractivity contribution in [1.82, 2.24) is 14.9 Å². The van der Waals surface area contributed by atoms with Crippen LogP contribution in [0.25, 0.3) is 0 Å². The third-order valence-electron chi connectivity index (χ3n) is 3.55. The van der Waals surface area contributed by atoms with Gasteiger partial charge >= 0.3 is 5.69 Å². The van der Waals surface area contributed by atoms with E-state index in [2.05, 4.69) is 10.3 Å². The van der Waals surface area contributed by atoms with Crippen LogP contribution in [0.5, 0.6) is 0 Å². The molecule has 10 nitrogen and oxygen atoms in total. The number of hydrogen-bond donors (Lipinski definition) is 5. The smallest absolute Gasteiger partial charge is 0.330 e. The highest BCUT2D eigenvalue weighted by Crippen LogP contribution is 2.27. The van der Waals surface area contributed by atoms with Gasteiger partial charge in [0, 0.05) is 31.3 Å². The maximum absolute atomic E-state index is 11.9. The Kier molecular flexibility index (Phi) is 5.66. The Bertz CT molecular complexity index is 669. The van der Waals surface area contributed by atoms with Crippen LogP contribution >= 0.6 is 0 Å². The van der Waals surface area contributed by atoms with E-state index in [1.54, 1.807) is 0 Å². The zero-order chi connectivity index (χ0) is 17.0. The van der Waals surface area contributed by atoms with Crippen molar-refractivity contribution >= 4 is 5.91 Å². The molecule has 1 amide bonds. The van der Waals surface area contributed by atoms with Crippen LogP contribution in [0, 0.1) is 0 Å². The molecule has 3 atom stereocenters. The second kappa shape index (κ2) is 7.51. The van der Waals surface area contributed by atoms with E-state index in [-0.39, 0.29) is 38.1 Å². The van der Waals surface area contributed by atoms with Crippen LogP contribution in [0.15, 0.2) is 15.8 Å². The third-order valence-corrected chi connectivity index (χ3v) is 3.55. The van der Waals surface area contributed by atoms with Crippen molar-refractivity contribution in [1.29, 1.82) is 0 Å². The molecule has 0 saturated carbocycles. The van der Waals surface area contributed by atoms with Gasteiger partial charge in [-0.3, -0.25) is 19.1 Å². The lowest BCUT2D eigenvalue weighted by Gasteiger charge is -2.15. The summed E-state index contributed by atoms with van der Waals surface area (Å²) in [4.78, 5) is 37.5. The maximum atomic E-state index is 11.9. The standard InChI is InChI=1S/C13H20N4O6/c14-1-2-15-10(20)3-7-5-17(13(22)16-12(7)21)11-4-8(19)9(6-18)23-11/h5,8-9,11,18-19H,1-4,6,14H2,(H,15,20)(H,16,21,22)/t8-,9+,11+/m0/s1. The van der Waals surface area contributed by atoms with Crippen LogP contribution in [0.2, 0.25) is 0 Å². The van der Waals surface area contributed by atoms with E-state index in [9.17, 15) is 19.5 Å². The molecule has 0 radical (unpaired) electrons. The van der Waals surface area contributed by atoms with Gasteiger partial charge in [-0.1, -0.05) is 0 Å². The van der Waals surface area contributed by atoms with Crippen LogP contribution in [-0.2, 0) is 16.0 Å². The summed E-state index contributed by atoms with van der Waals surface area (Å²) >= 11 is 0. The molecule has 0 unspecified atom stereocenters. The molecule has 1 aromatic heterocycles. The van der Waals surface area contributed by atoms with E-state index < -0.39 is 35.6 Å². The predicted molar refractivity (Wildman–Crippen MR) is 78.7 cm³/mol. The summed E-state index contributed by atoms with van der Waals surface area (Å²) in [7, 11) is 0. The van der Waals surface area contributed by atoms with Gasteiger partial charge in [-0.05, 0) is 0 Å². The van der Waals surface area contributed by atoms with Gasteiger partial charge < -0.3 is 26.0 Å². The second-order valence-corrected chi connectivity index (χ2v) is 5.25. The average molecular weight is 328 g/mol. The minimum absolute atomic E-state index is 0.0876. The molecule has 1 aliphatic heterocycles. The first-order chi connectivity index (χ1) is 11.0. The molecular formula is C13H20N4O6. The molecule has 1 saturated heterocycles. The highest BCUT2D eigenvalue weighted by atomic mass is 16.5. The number of nitrogens with one attached hydrogen (secondary N) is 2. The Labute approximate surface area is 130 Å². The average Bonchev–Trinajstić information content (AvgIpc) is 2.88. The van der Waals surface area contributed by atoms with Gasteiger partial charge in [-0.2, -0.15) is 0 Å². The number of aromatic amines is 1. The number of aromatic nitrogens is 2. The molecular weight excluding hydrogens is 308 g/mol. The number of nitrogens with two attached hydrogens (primary N) is 1. The van der Waals surface area contributed by atoms with Gasteiger partial charge in [0.15, 0.2) is 0 Å². The molecule has 23 heavy (non-hydrogen) atoms. The van der Waals surface area contributed by atoms with E-state index >= 15 is 0 Å². The highest BCUT2D eigenvalue weighted by molar-refractivity contribution is 5.78. The molecule has 0 spiro atoms. The normalized spacial score (nSPS) is 23.9. The SMILES string of the molecule is NCCNC(=O)Cc1cn([C@H]2C[C@H](O)[C@@H](CO)O2)c(=O)[nH]c1=O. The number of ether oxygens (including phenoxy) is 1. The van der Waals surface area contributed by atoms with Crippen molar-refractivity contribution in [3.05, 3.63) is 32.6 Å². The number of nitrogens with zero attached hydrogens (tertiary/aromatic N) is 1. The number of carbonyl (C=O) groups is 1. The van der Waals surface area contributed by atoms with Crippen molar-refractivity contribution < 1.29 is 19.7 Å². The molecule has 1 fully saturated rings. The van der Waals surface area contributed by atoms with E-state index in [1.807, 2.05) is 0 Å². The fourth-order valence-electron chi connectivity index (χ4n) is 2.36. The first kappa shape index (κ1) is 17.3. The van der Waals surface area contributed by atoms with Gasteiger partial charge in [-0.15, -0.1) is 0 Å². The minimum Gasteiger partial charge on any atom is -0.394 e. The summed E-state index contributed by atoms with van der Waals surface area (Å²) < 4.78 is 6.48. The van der Waals surface area contributed by atoms with E-state index in [1.165, 1.54) is 6.20 Å². The lowest BCUT2D eigenvalue weighted by atomic mass is 10.2. The summed E-state index contributed by atoms with van der Waals surface area (Å²) in [6.07, 6.45) is -1.42. The summed E-state index contributed by atoms with van der Waals surface area (Å²) in [5.74, 6) is -0.397.